The minimum absolute atomic E-state index is 0.104. The molecular weight excluding hydrogens is 424 g/mol. The lowest BCUT2D eigenvalue weighted by molar-refractivity contribution is 0.319. The second-order valence-electron chi connectivity index (χ2n) is 8.47. The topological polar surface area (TPSA) is 53.9 Å². The number of aromatic amines is 1. The second kappa shape index (κ2) is 8.30. The molecule has 31 heavy (non-hydrogen) atoms. The molecule has 5 nitrogen and oxygen atoms in total. The summed E-state index contributed by atoms with van der Waals surface area (Å²) in [5, 5.41) is 1.03. The van der Waals surface area contributed by atoms with E-state index in [1.54, 1.807) is 15.9 Å². The van der Waals surface area contributed by atoms with Gasteiger partial charge in [-0.3, -0.25) is 9.55 Å². The molecule has 1 aliphatic carbocycles. The number of nitrogens with one attached hydrogen (secondary N) is 1. The highest BCUT2D eigenvalue weighted by Gasteiger charge is 2.28. The minimum Gasteiger partial charge on any atom is -0.302 e. The summed E-state index contributed by atoms with van der Waals surface area (Å²) in [5.41, 5.74) is 5.39. The van der Waals surface area contributed by atoms with Crippen molar-refractivity contribution in [3.63, 3.8) is 0 Å². The van der Waals surface area contributed by atoms with Gasteiger partial charge in [0.05, 0.1) is 21.5 Å². The number of aromatic nitrogens is 3. The van der Waals surface area contributed by atoms with Crippen molar-refractivity contribution in [3.8, 4) is 0 Å². The lowest BCUT2D eigenvalue weighted by Crippen LogP contribution is -2.31. The Labute approximate surface area is 191 Å². The summed E-state index contributed by atoms with van der Waals surface area (Å²) in [5.74, 6) is -0.104. The van der Waals surface area contributed by atoms with Crippen molar-refractivity contribution in [2.24, 2.45) is 0 Å². The van der Waals surface area contributed by atoms with Crippen molar-refractivity contribution in [2.75, 3.05) is 19.6 Å². The van der Waals surface area contributed by atoms with Crippen molar-refractivity contribution in [1.82, 2.24) is 19.4 Å². The number of hydrogen-bond donors (Lipinski definition) is 1. The van der Waals surface area contributed by atoms with Gasteiger partial charge in [-0.1, -0.05) is 42.1 Å². The van der Waals surface area contributed by atoms with Crippen LogP contribution in [0.2, 0.25) is 0 Å². The van der Waals surface area contributed by atoms with Crippen LogP contribution in [0.15, 0.2) is 29.2 Å². The molecule has 0 radical (unpaired) electrons. The summed E-state index contributed by atoms with van der Waals surface area (Å²) in [6.07, 6.45) is 8.79. The van der Waals surface area contributed by atoms with E-state index in [4.69, 9.17) is 17.2 Å². The van der Waals surface area contributed by atoms with Crippen molar-refractivity contribution in [2.45, 2.75) is 39.2 Å². The summed E-state index contributed by atoms with van der Waals surface area (Å²) in [7, 11) is 0. The Morgan fingerprint density at radius 2 is 1.97 bits per heavy atom. The molecule has 0 spiro atoms. The van der Waals surface area contributed by atoms with Gasteiger partial charge < -0.3 is 4.90 Å². The third kappa shape index (κ3) is 3.97. The molecule has 1 atom stereocenters. The summed E-state index contributed by atoms with van der Waals surface area (Å²) in [4.78, 5) is 24.1. The first-order valence-electron chi connectivity index (χ1n) is 10.8. The van der Waals surface area contributed by atoms with Gasteiger partial charge in [0.1, 0.15) is 4.64 Å². The summed E-state index contributed by atoms with van der Waals surface area (Å²) in [6.45, 7) is 7.93. The van der Waals surface area contributed by atoms with E-state index in [0.717, 1.165) is 40.8 Å². The summed E-state index contributed by atoms with van der Waals surface area (Å²) < 4.78 is 2.28. The lowest BCUT2D eigenvalue weighted by Gasteiger charge is -2.21. The Bertz CT molecular complexity index is 1280. The molecule has 0 saturated carbocycles. The zero-order chi connectivity index (χ0) is 21.5. The van der Waals surface area contributed by atoms with Gasteiger partial charge in [-0.05, 0) is 57.0 Å². The average molecular weight is 451 g/mol. The molecule has 0 amide bonds. The van der Waals surface area contributed by atoms with E-state index in [0.29, 0.717) is 11.2 Å². The molecule has 0 bridgehead atoms. The number of nitrogens with zero attached hydrogens (tertiary/aromatic N) is 3. The summed E-state index contributed by atoms with van der Waals surface area (Å²) >= 11 is 7.38. The number of H-pyrrole nitrogens is 1. The maximum atomic E-state index is 12.7. The van der Waals surface area contributed by atoms with Gasteiger partial charge in [0.15, 0.2) is 0 Å². The molecule has 1 unspecified atom stereocenters. The first-order valence-corrected chi connectivity index (χ1v) is 12.0. The number of hydrogen-bond acceptors (Lipinski definition) is 5. The van der Waals surface area contributed by atoms with Gasteiger partial charge in [0, 0.05) is 24.8 Å². The molecular formula is C24H26N4OS2. The molecule has 1 aliphatic heterocycles. The molecule has 1 N–H and O–H groups in total. The molecule has 2 aliphatic rings. The maximum Gasteiger partial charge on any atom is 0.326 e. The number of rotatable bonds is 4. The fourth-order valence-electron chi connectivity index (χ4n) is 4.67. The van der Waals surface area contributed by atoms with E-state index in [1.807, 2.05) is 13.1 Å². The van der Waals surface area contributed by atoms with E-state index < -0.39 is 0 Å². The van der Waals surface area contributed by atoms with Gasteiger partial charge in [0.25, 0.3) is 0 Å². The molecule has 5 rings (SSSR count). The zero-order valence-electron chi connectivity index (χ0n) is 17.9. The SMILES string of the molecule is Cc1ccc2c(c1)C=Cc1sc(C)nc1C2c1cn(CCN2CCCC2)c(=O)[nH]c1=S. The van der Waals surface area contributed by atoms with Crippen LogP contribution >= 0.6 is 23.6 Å². The van der Waals surface area contributed by atoms with Crippen LogP contribution in [0, 0.1) is 18.5 Å². The average Bonchev–Trinajstić information content (AvgIpc) is 3.35. The van der Waals surface area contributed by atoms with Crippen molar-refractivity contribution in [3.05, 3.63) is 77.4 Å². The van der Waals surface area contributed by atoms with Crippen molar-refractivity contribution >= 4 is 35.7 Å². The fraction of sp³-hybridized carbons (Fsp3) is 0.375. The Morgan fingerprint density at radius 1 is 1.16 bits per heavy atom. The third-order valence-electron chi connectivity index (χ3n) is 6.23. The van der Waals surface area contributed by atoms with Gasteiger partial charge in [-0.2, -0.15) is 0 Å². The normalized spacial score (nSPS) is 18.1. The number of aryl methyl sites for hydroxylation is 2. The van der Waals surface area contributed by atoms with Gasteiger partial charge in [-0.25, -0.2) is 9.78 Å². The molecule has 1 fully saturated rings. The Hall–Kier alpha value is -2.35. The summed E-state index contributed by atoms with van der Waals surface area (Å²) in [6, 6.07) is 6.52. The first kappa shape index (κ1) is 20.5. The minimum atomic E-state index is -0.140. The highest BCUT2D eigenvalue weighted by molar-refractivity contribution is 7.71. The molecule has 3 heterocycles. The lowest BCUT2D eigenvalue weighted by atomic mass is 9.87. The van der Waals surface area contributed by atoms with E-state index in [1.165, 1.54) is 29.5 Å². The smallest absolute Gasteiger partial charge is 0.302 e. The number of thiazole rings is 1. The Balaban J connectivity index is 1.63. The van der Waals surface area contributed by atoms with Gasteiger partial charge in [0.2, 0.25) is 0 Å². The van der Waals surface area contributed by atoms with Crippen molar-refractivity contribution < 1.29 is 0 Å². The van der Waals surface area contributed by atoms with Crippen LogP contribution in [0.25, 0.3) is 12.2 Å². The second-order valence-corrected chi connectivity index (χ2v) is 10.1. The highest BCUT2D eigenvalue weighted by atomic mass is 32.1. The van der Waals surface area contributed by atoms with Gasteiger partial charge >= 0.3 is 5.69 Å². The maximum absolute atomic E-state index is 12.7. The molecule has 2 aromatic heterocycles. The standard InChI is InChI=1S/C24H26N4OS2/c1-15-5-7-18-17(13-15)6-8-20-22(25-16(2)31-20)21(18)19-14-28(24(29)26-23(19)30)12-11-27-9-3-4-10-27/h5-8,13-14,21H,3-4,9-12H2,1-2H3,(H,26,29,30). The molecule has 3 aromatic rings. The zero-order valence-corrected chi connectivity index (χ0v) is 19.5. The van der Waals surface area contributed by atoms with E-state index >= 15 is 0 Å². The van der Waals surface area contributed by atoms with Crippen LogP contribution in [0.1, 0.15) is 56.6 Å². The highest BCUT2D eigenvalue weighted by Crippen LogP contribution is 2.40. The van der Waals surface area contributed by atoms with Crippen LogP contribution in [-0.4, -0.2) is 39.1 Å². The molecule has 160 valence electrons. The predicted octanol–water partition coefficient (Wildman–Crippen LogP) is 4.74. The molecule has 7 heteroatoms. The Morgan fingerprint density at radius 3 is 2.77 bits per heavy atom. The van der Waals surface area contributed by atoms with Crippen LogP contribution in [0.5, 0.6) is 0 Å². The van der Waals surface area contributed by atoms with E-state index in [2.05, 4.69) is 47.2 Å². The monoisotopic (exact) mass is 450 g/mol. The van der Waals surface area contributed by atoms with Crippen LogP contribution in [0.4, 0.5) is 0 Å². The van der Waals surface area contributed by atoms with Crippen LogP contribution < -0.4 is 5.69 Å². The molecule has 1 aromatic carbocycles. The predicted molar refractivity (Wildman–Crippen MR) is 129 cm³/mol. The fourth-order valence-corrected chi connectivity index (χ4v) is 5.79. The van der Waals surface area contributed by atoms with Gasteiger partial charge in [-0.15, -0.1) is 11.3 Å². The number of fused-ring (bicyclic) bond motifs is 2. The van der Waals surface area contributed by atoms with E-state index in [-0.39, 0.29) is 11.6 Å². The van der Waals surface area contributed by atoms with E-state index in [9.17, 15) is 4.79 Å². The van der Waals surface area contributed by atoms with Crippen LogP contribution in [0.3, 0.4) is 0 Å². The quantitative estimate of drug-likeness (QED) is 0.456. The van der Waals surface area contributed by atoms with Crippen LogP contribution in [-0.2, 0) is 6.54 Å². The first-order chi connectivity index (χ1) is 15.0. The van der Waals surface area contributed by atoms with Crippen molar-refractivity contribution in [1.29, 1.82) is 0 Å². The Kier molecular flexibility index (Phi) is 5.50. The number of likely N-dealkylation sites (tertiary alicyclic amines) is 1. The third-order valence-corrected chi connectivity index (χ3v) is 7.52. The number of benzene rings is 1. The largest absolute Gasteiger partial charge is 0.326 e. The molecule has 1 saturated heterocycles.